The van der Waals surface area contributed by atoms with E-state index >= 15 is 0 Å². The van der Waals surface area contributed by atoms with Crippen LogP contribution >= 0.6 is 0 Å². The molecular formula is C17H23N3. The van der Waals surface area contributed by atoms with E-state index in [0.717, 1.165) is 24.5 Å². The summed E-state index contributed by atoms with van der Waals surface area (Å²) >= 11 is 0. The Labute approximate surface area is 121 Å². The molecule has 0 fully saturated rings. The summed E-state index contributed by atoms with van der Waals surface area (Å²) in [5.74, 6) is 1.80. The highest BCUT2D eigenvalue weighted by atomic mass is 15.1. The van der Waals surface area contributed by atoms with E-state index < -0.39 is 0 Å². The molecule has 0 bridgehead atoms. The number of nitrogens with one attached hydrogen (secondary N) is 2. The fourth-order valence-corrected chi connectivity index (χ4v) is 2.15. The van der Waals surface area contributed by atoms with Gasteiger partial charge in [-0.2, -0.15) is 0 Å². The normalized spacial score (nSPS) is 11.2. The summed E-state index contributed by atoms with van der Waals surface area (Å²) in [6, 6.07) is 16.6. The molecule has 2 aromatic rings. The van der Waals surface area contributed by atoms with Gasteiger partial charge in [-0.3, -0.25) is 0 Å². The lowest BCUT2D eigenvalue weighted by molar-refractivity contribution is 0.516. The third kappa shape index (κ3) is 4.26. The molecular weight excluding hydrogens is 246 g/mol. The molecule has 20 heavy (non-hydrogen) atoms. The van der Waals surface area contributed by atoms with E-state index in [-0.39, 0.29) is 5.54 Å². The maximum absolute atomic E-state index is 4.51. The Kier molecular flexibility index (Phi) is 4.61. The lowest BCUT2D eigenvalue weighted by Crippen LogP contribution is -2.31. The molecule has 0 aliphatic heterocycles. The monoisotopic (exact) mass is 269 g/mol. The molecule has 0 radical (unpaired) electrons. The molecule has 0 aliphatic carbocycles. The average molecular weight is 269 g/mol. The van der Waals surface area contributed by atoms with Crippen LogP contribution in [0.4, 0.5) is 11.6 Å². The highest BCUT2D eigenvalue weighted by molar-refractivity contribution is 5.46. The Hall–Kier alpha value is -2.03. The first-order valence-corrected chi connectivity index (χ1v) is 7.06. The third-order valence-electron chi connectivity index (χ3n) is 3.35. The number of rotatable bonds is 6. The minimum absolute atomic E-state index is 0.00913. The van der Waals surface area contributed by atoms with Gasteiger partial charge in [-0.1, -0.05) is 36.4 Å². The summed E-state index contributed by atoms with van der Waals surface area (Å²) in [7, 11) is 1.88. The minimum Gasteiger partial charge on any atom is -0.373 e. The average Bonchev–Trinajstić information content (AvgIpc) is 2.46. The van der Waals surface area contributed by atoms with Gasteiger partial charge in [0, 0.05) is 12.6 Å². The van der Waals surface area contributed by atoms with Crippen molar-refractivity contribution < 1.29 is 0 Å². The van der Waals surface area contributed by atoms with E-state index in [4.69, 9.17) is 0 Å². The summed E-state index contributed by atoms with van der Waals surface area (Å²) in [5, 5.41) is 6.57. The number of hydrogen-bond donors (Lipinski definition) is 2. The van der Waals surface area contributed by atoms with Crippen LogP contribution in [0.1, 0.15) is 25.8 Å². The first-order valence-electron chi connectivity index (χ1n) is 7.06. The Morgan fingerprint density at radius 1 is 0.950 bits per heavy atom. The zero-order chi connectivity index (χ0) is 14.4. The van der Waals surface area contributed by atoms with Crippen molar-refractivity contribution in [1.82, 2.24) is 4.98 Å². The van der Waals surface area contributed by atoms with Crippen molar-refractivity contribution in [2.75, 3.05) is 17.7 Å². The van der Waals surface area contributed by atoms with E-state index in [1.165, 1.54) is 5.56 Å². The van der Waals surface area contributed by atoms with Crippen molar-refractivity contribution in [2.24, 2.45) is 0 Å². The van der Waals surface area contributed by atoms with Gasteiger partial charge < -0.3 is 10.6 Å². The Morgan fingerprint density at radius 2 is 1.65 bits per heavy atom. The van der Waals surface area contributed by atoms with E-state index in [0.29, 0.717) is 0 Å². The van der Waals surface area contributed by atoms with Gasteiger partial charge in [-0.05, 0) is 44.4 Å². The molecule has 106 valence electrons. The number of aryl methyl sites for hydroxylation is 1. The van der Waals surface area contributed by atoms with Gasteiger partial charge in [0.25, 0.3) is 0 Å². The van der Waals surface area contributed by atoms with Crippen LogP contribution in [0.2, 0.25) is 0 Å². The fraction of sp³-hybridized carbons (Fsp3) is 0.353. The predicted octanol–water partition coefficient (Wildman–Crippen LogP) is 3.95. The number of anilines is 2. The summed E-state index contributed by atoms with van der Waals surface area (Å²) in [6.45, 7) is 4.42. The number of pyridine rings is 1. The fourth-order valence-electron chi connectivity index (χ4n) is 2.15. The van der Waals surface area contributed by atoms with Crippen molar-refractivity contribution >= 4 is 11.6 Å². The Morgan fingerprint density at radius 3 is 2.35 bits per heavy atom. The molecule has 0 unspecified atom stereocenters. The second kappa shape index (κ2) is 6.42. The molecule has 1 heterocycles. The molecule has 1 aromatic heterocycles. The molecule has 2 N–H and O–H groups in total. The quantitative estimate of drug-likeness (QED) is 0.834. The van der Waals surface area contributed by atoms with Crippen LogP contribution in [0.15, 0.2) is 48.5 Å². The van der Waals surface area contributed by atoms with Gasteiger partial charge in [-0.25, -0.2) is 4.98 Å². The molecule has 0 spiro atoms. The van der Waals surface area contributed by atoms with Gasteiger partial charge in [0.05, 0.1) is 0 Å². The van der Waals surface area contributed by atoms with Crippen LogP contribution in [-0.4, -0.2) is 17.6 Å². The standard InChI is InChI=1S/C17H23N3/c1-17(2,13-12-14-8-5-4-6-9-14)20-16-11-7-10-15(18-3)19-16/h4-11H,12-13H2,1-3H3,(H2,18,19,20). The predicted molar refractivity (Wildman–Crippen MR) is 86.2 cm³/mol. The van der Waals surface area contributed by atoms with Gasteiger partial charge >= 0.3 is 0 Å². The molecule has 1 aromatic carbocycles. The molecule has 0 aliphatic rings. The van der Waals surface area contributed by atoms with E-state index in [1.807, 2.05) is 25.2 Å². The van der Waals surface area contributed by atoms with Gasteiger partial charge in [0.1, 0.15) is 11.6 Å². The molecule has 2 rings (SSSR count). The lowest BCUT2D eigenvalue weighted by atomic mass is 9.95. The zero-order valence-corrected chi connectivity index (χ0v) is 12.5. The van der Waals surface area contributed by atoms with E-state index in [2.05, 4.69) is 59.8 Å². The van der Waals surface area contributed by atoms with Crippen molar-refractivity contribution in [3.63, 3.8) is 0 Å². The molecule has 0 amide bonds. The van der Waals surface area contributed by atoms with Crippen LogP contribution < -0.4 is 10.6 Å². The van der Waals surface area contributed by atoms with Crippen LogP contribution in [0.5, 0.6) is 0 Å². The van der Waals surface area contributed by atoms with Crippen molar-refractivity contribution in [3.05, 3.63) is 54.1 Å². The SMILES string of the molecule is CNc1cccc(NC(C)(C)CCc2ccccc2)n1. The lowest BCUT2D eigenvalue weighted by Gasteiger charge is -2.27. The second-order valence-electron chi connectivity index (χ2n) is 5.65. The minimum atomic E-state index is 0.00913. The molecule has 0 saturated heterocycles. The number of benzene rings is 1. The number of aromatic nitrogens is 1. The third-order valence-corrected chi connectivity index (χ3v) is 3.35. The van der Waals surface area contributed by atoms with Crippen LogP contribution in [0, 0.1) is 0 Å². The highest BCUT2D eigenvalue weighted by Gasteiger charge is 2.17. The van der Waals surface area contributed by atoms with Crippen molar-refractivity contribution in [2.45, 2.75) is 32.2 Å². The van der Waals surface area contributed by atoms with Gasteiger partial charge in [-0.15, -0.1) is 0 Å². The van der Waals surface area contributed by atoms with E-state index in [1.54, 1.807) is 0 Å². The highest BCUT2D eigenvalue weighted by Crippen LogP contribution is 2.20. The summed E-state index contributed by atoms with van der Waals surface area (Å²) in [6.07, 6.45) is 2.12. The number of hydrogen-bond acceptors (Lipinski definition) is 3. The first kappa shape index (κ1) is 14.4. The van der Waals surface area contributed by atoms with Crippen molar-refractivity contribution in [1.29, 1.82) is 0 Å². The Balaban J connectivity index is 1.96. The van der Waals surface area contributed by atoms with Crippen LogP contribution in [0.25, 0.3) is 0 Å². The molecule has 0 saturated carbocycles. The van der Waals surface area contributed by atoms with Gasteiger partial charge in [0.2, 0.25) is 0 Å². The first-order chi connectivity index (χ1) is 9.59. The maximum Gasteiger partial charge on any atom is 0.128 e. The smallest absolute Gasteiger partial charge is 0.128 e. The zero-order valence-electron chi connectivity index (χ0n) is 12.5. The van der Waals surface area contributed by atoms with E-state index in [9.17, 15) is 0 Å². The summed E-state index contributed by atoms with van der Waals surface area (Å²) in [4.78, 5) is 4.51. The maximum atomic E-state index is 4.51. The number of nitrogens with zero attached hydrogens (tertiary/aromatic N) is 1. The molecule has 3 heteroatoms. The van der Waals surface area contributed by atoms with Crippen LogP contribution in [-0.2, 0) is 6.42 Å². The topological polar surface area (TPSA) is 37.0 Å². The molecule has 0 atom stereocenters. The Bertz CT molecular complexity index is 535. The molecule has 3 nitrogen and oxygen atoms in total. The van der Waals surface area contributed by atoms with Crippen LogP contribution in [0.3, 0.4) is 0 Å². The second-order valence-corrected chi connectivity index (χ2v) is 5.65. The largest absolute Gasteiger partial charge is 0.373 e. The van der Waals surface area contributed by atoms with Crippen molar-refractivity contribution in [3.8, 4) is 0 Å². The summed E-state index contributed by atoms with van der Waals surface area (Å²) < 4.78 is 0. The van der Waals surface area contributed by atoms with Gasteiger partial charge in [0.15, 0.2) is 0 Å². The summed E-state index contributed by atoms with van der Waals surface area (Å²) in [5.41, 5.74) is 1.38.